The van der Waals surface area contributed by atoms with Crippen LogP contribution in [-0.4, -0.2) is 163 Å². The fourth-order valence-corrected chi connectivity index (χ4v) is 10.3. The van der Waals surface area contributed by atoms with Gasteiger partial charge >= 0.3 is 0 Å². The summed E-state index contributed by atoms with van der Waals surface area (Å²) in [6, 6.07) is -2.67. The summed E-state index contributed by atoms with van der Waals surface area (Å²) < 4.78 is 23.2. The SMILES string of the molecule is CCCCCCCCCCCCCCCCCCCCCC(O)C(=O)NC(COC1OC(CO)C(OC2OC(CO)C(O)C(O)C2NC(C)=O)C(O)C1O)C(O)C(O)CCCCCCCCCCCCC(C)CC. The average molecular weight is 1060 g/mol. The molecular formula is C57H110N2O15. The second kappa shape index (κ2) is 42.4. The Balaban J connectivity index is 1.90. The molecule has 0 aromatic heterocycles. The van der Waals surface area contributed by atoms with E-state index in [1.54, 1.807) is 0 Å². The minimum absolute atomic E-state index is 0.202. The molecule has 0 bridgehead atoms. The van der Waals surface area contributed by atoms with Crippen molar-refractivity contribution >= 4 is 11.8 Å². The summed E-state index contributed by atoms with van der Waals surface area (Å²) in [7, 11) is 0. The first kappa shape index (κ1) is 68.5. The monoisotopic (exact) mass is 1060 g/mol. The van der Waals surface area contributed by atoms with Crippen LogP contribution in [0.1, 0.15) is 240 Å². The molecule has 0 aromatic carbocycles. The van der Waals surface area contributed by atoms with E-state index in [9.17, 15) is 55.5 Å². The molecule has 2 amide bonds. The first-order chi connectivity index (χ1) is 35.7. The molecule has 2 fully saturated rings. The van der Waals surface area contributed by atoms with Crippen molar-refractivity contribution < 1.29 is 74.5 Å². The van der Waals surface area contributed by atoms with Gasteiger partial charge in [0, 0.05) is 6.92 Å². The Bertz CT molecular complexity index is 1370. The van der Waals surface area contributed by atoms with E-state index in [1.165, 1.54) is 141 Å². The number of ether oxygens (including phenoxy) is 4. The lowest BCUT2D eigenvalue weighted by Gasteiger charge is -2.47. The number of carbonyl (C=O) groups excluding carboxylic acids is 2. The molecule has 15 atom stereocenters. The highest BCUT2D eigenvalue weighted by atomic mass is 16.7. The van der Waals surface area contributed by atoms with Crippen LogP contribution in [0.5, 0.6) is 0 Å². The second-order valence-corrected chi connectivity index (χ2v) is 22.0. The average Bonchev–Trinajstić information content (AvgIpc) is 3.39. The Morgan fingerprint density at radius 3 is 1.42 bits per heavy atom. The summed E-state index contributed by atoms with van der Waals surface area (Å²) in [6.45, 7) is 5.92. The van der Waals surface area contributed by atoms with Gasteiger partial charge in [-0.25, -0.2) is 0 Å². The highest BCUT2D eigenvalue weighted by Crippen LogP contribution is 2.30. The van der Waals surface area contributed by atoms with Crippen LogP contribution < -0.4 is 10.6 Å². The van der Waals surface area contributed by atoms with Gasteiger partial charge in [0.1, 0.15) is 61.0 Å². The number of carbonyl (C=O) groups is 2. The number of unbranched alkanes of at least 4 members (excludes halogenated alkanes) is 27. The maximum Gasteiger partial charge on any atom is 0.249 e. The summed E-state index contributed by atoms with van der Waals surface area (Å²) >= 11 is 0. The second-order valence-electron chi connectivity index (χ2n) is 22.0. The molecule has 0 aliphatic carbocycles. The maximum atomic E-state index is 13.4. The summed E-state index contributed by atoms with van der Waals surface area (Å²) in [5, 5.41) is 102. The van der Waals surface area contributed by atoms with E-state index in [0.717, 1.165) is 57.8 Å². The van der Waals surface area contributed by atoms with Crippen molar-refractivity contribution in [2.75, 3.05) is 19.8 Å². The zero-order chi connectivity index (χ0) is 54.5. The third-order valence-corrected chi connectivity index (χ3v) is 15.5. The fourth-order valence-electron chi connectivity index (χ4n) is 10.3. The molecule has 2 saturated heterocycles. The largest absolute Gasteiger partial charge is 0.394 e. The molecule has 0 aromatic rings. The van der Waals surface area contributed by atoms with Crippen molar-refractivity contribution in [2.24, 2.45) is 5.92 Å². The third-order valence-electron chi connectivity index (χ3n) is 15.5. The summed E-state index contributed by atoms with van der Waals surface area (Å²) in [4.78, 5) is 25.4. The van der Waals surface area contributed by atoms with Gasteiger partial charge in [-0.2, -0.15) is 0 Å². The van der Waals surface area contributed by atoms with Crippen molar-refractivity contribution in [2.45, 2.75) is 325 Å². The van der Waals surface area contributed by atoms with Gasteiger partial charge in [0.2, 0.25) is 11.8 Å². The van der Waals surface area contributed by atoms with Gasteiger partial charge in [0.15, 0.2) is 12.6 Å². The number of rotatable bonds is 46. The molecule has 74 heavy (non-hydrogen) atoms. The Labute approximate surface area is 446 Å². The van der Waals surface area contributed by atoms with E-state index < -0.39 is 117 Å². The van der Waals surface area contributed by atoms with Crippen molar-refractivity contribution in [1.82, 2.24) is 10.6 Å². The summed E-state index contributed by atoms with van der Waals surface area (Å²) in [5.74, 6) is -0.575. The maximum absolute atomic E-state index is 13.4. The highest BCUT2D eigenvalue weighted by Gasteiger charge is 2.51. The van der Waals surface area contributed by atoms with Crippen molar-refractivity contribution in [1.29, 1.82) is 0 Å². The standard InChI is InChI=1S/C57H110N2O15/c1-5-7-8-9-10-11-12-13-14-15-16-17-18-19-20-25-28-31-34-37-45(64)55(70)59-43(49(65)44(63)36-33-30-27-24-22-21-23-26-29-32-35-41(3)6-2)40-71-57-53(69)52(68)54(47(39-61)73-57)74-56-48(58-42(4)62)51(67)50(66)46(38-60)72-56/h41,43-54,56-57,60-61,63-69H,5-40H2,1-4H3,(H,58,62)(H,59,70). The van der Waals surface area contributed by atoms with Gasteiger partial charge in [-0.3, -0.25) is 9.59 Å². The first-order valence-electron chi connectivity index (χ1n) is 29.8. The van der Waals surface area contributed by atoms with Gasteiger partial charge in [-0.05, 0) is 18.8 Å². The molecule has 0 spiro atoms. The molecular weight excluding hydrogens is 953 g/mol. The molecule has 17 nitrogen and oxygen atoms in total. The van der Waals surface area contributed by atoms with Crippen molar-refractivity contribution in [3.8, 4) is 0 Å². The normalized spacial score (nSPS) is 26.3. The van der Waals surface area contributed by atoms with E-state index in [-0.39, 0.29) is 12.8 Å². The number of aliphatic hydroxyl groups excluding tert-OH is 9. The van der Waals surface area contributed by atoms with Crippen LogP contribution in [-0.2, 0) is 28.5 Å². The summed E-state index contributed by atoms with van der Waals surface area (Å²) in [5.41, 5.74) is 0. The molecule has 0 saturated carbocycles. The van der Waals surface area contributed by atoms with E-state index in [0.29, 0.717) is 12.8 Å². The van der Waals surface area contributed by atoms with Crippen molar-refractivity contribution in [3.05, 3.63) is 0 Å². The number of hydrogen-bond acceptors (Lipinski definition) is 15. The van der Waals surface area contributed by atoms with E-state index in [1.807, 2.05) is 0 Å². The van der Waals surface area contributed by atoms with Crippen LogP contribution in [0.2, 0.25) is 0 Å². The smallest absolute Gasteiger partial charge is 0.249 e. The van der Waals surface area contributed by atoms with Gasteiger partial charge in [0.25, 0.3) is 0 Å². The highest BCUT2D eigenvalue weighted by molar-refractivity contribution is 5.80. The zero-order valence-corrected chi connectivity index (χ0v) is 46.6. The molecule has 0 radical (unpaired) electrons. The Kier molecular flexibility index (Phi) is 39.2. The van der Waals surface area contributed by atoms with Gasteiger partial charge in [-0.15, -0.1) is 0 Å². The Morgan fingerprint density at radius 2 is 0.973 bits per heavy atom. The lowest BCUT2D eigenvalue weighted by Crippen LogP contribution is -2.67. The van der Waals surface area contributed by atoms with Crippen LogP contribution in [0, 0.1) is 5.92 Å². The molecule has 2 heterocycles. The van der Waals surface area contributed by atoms with E-state index >= 15 is 0 Å². The minimum atomic E-state index is -1.86. The molecule has 11 N–H and O–H groups in total. The van der Waals surface area contributed by atoms with Gasteiger partial charge in [-0.1, -0.05) is 220 Å². The minimum Gasteiger partial charge on any atom is -0.394 e. The Hall–Kier alpha value is -1.58. The van der Waals surface area contributed by atoms with Crippen molar-refractivity contribution in [3.63, 3.8) is 0 Å². The van der Waals surface area contributed by atoms with Crippen LogP contribution >= 0.6 is 0 Å². The third kappa shape index (κ3) is 28.3. The number of hydrogen-bond donors (Lipinski definition) is 11. The number of nitrogens with one attached hydrogen (secondary N) is 2. The zero-order valence-electron chi connectivity index (χ0n) is 46.6. The topological polar surface area (TPSA) is 277 Å². The van der Waals surface area contributed by atoms with E-state index in [4.69, 9.17) is 18.9 Å². The lowest BCUT2D eigenvalue weighted by atomic mass is 9.95. The number of amides is 2. The molecule has 15 unspecified atom stereocenters. The quantitative estimate of drug-likeness (QED) is 0.0277. The lowest BCUT2D eigenvalue weighted by molar-refractivity contribution is -0.347. The first-order valence-corrected chi connectivity index (χ1v) is 29.8. The van der Waals surface area contributed by atoms with Crippen LogP contribution in [0.15, 0.2) is 0 Å². The number of aliphatic hydroxyl groups is 9. The van der Waals surface area contributed by atoms with E-state index in [2.05, 4.69) is 31.4 Å². The molecule has 2 aliphatic rings. The summed E-state index contributed by atoms with van der Waals surface area (Å²) in [6.07, 6.45) is 18.7. The molecule has 17 heteroatoms. The molecule has 2 rings (SSSR count). The Morgan fingerprint density at radius 1 is 0.541 bits per heavy atom. The molecule has 438 valence electrons. The predicted octanol–water partition coefficient (Wildman–Crippen LogP) is 6.89. The van der Waals surface area contributed by atoms with Crippen LogP contribution in [0.25, 0.3) is 0 Å². The van der Waals surface area contributed by atoms with Crippen LogP contribution in [0.4, 0.5) is 0 Å². The predicted molar refractivity (Wildman–Crippen MR) is 287 cm³/mol. The fraction of sp³-hybridized carbons (Fsp3) is 0.965. The van der Waals surface area contributed by atoms with Crippen LogP contribution in [0.3, 0.4) is 0 Å². The van der Waals surface area contributed by atoms with Gasteiger partial charge in [0.05, 0.1) is 32.0 Å². The van der Waals surface area contributed by atoms with Gasteiger partial charge < -0.3 is 75.5 Å². The molecule has 2 aliphatic heterocycles.